The SMILES string of the molecule is Cc1nc(Sc2nc3ccc(N)cc3[nH]2)cc(=O)[nH]1. The number of hydrogen-bond donors (Lipinski definition) is 3. The van der Waals surface area contributed by atoms with Gasteiger partial charge in [0.15, 0.2) is 5.16 Å². The summed E-state index contributed by atoms with van der Waals surface area (Å²) in [5, 5.41) is 1.28. The molecule has 3 rings (SSSR count). The summed E-state index contributed by atoms with van der Waals surface area (Å²) in [5.41, 5.74) is 7.92. The van der Waals surface area contributed by atoms with Crippen molar-refractivity contribution in [3.05, 3.63) is 40.4 Å². The van der Waals surface area contributed by atoms with Crippen LogP contribution >= 0.6 is 11.8 Å². The molecule has 6 nitrogen and oxygen atoms in total. The van der Waals surface area contributed by atoms with Crippen LogP contribution in [0, 0.1) is 6.92 Å². The molecule has 0 saturated heterocycles. The molecule has 0 saturated carbocycles. The largest absolute Gasteiger partial charge is 0.399 e. The minimum atomic E-state index is -0.171. The van der Waals surface area contributed by atoms with Crippen LogP contribution in [0.4, 0.5) is 5.69 Å². The van der Waals surface area contributed by atoms with E-state index in [1.807, 2.05) is 12.1 Å². The first-order valence-corrected chi connectivity index (χ1v) is 6.43. The van der Waals surface area contributed by atoms with E-state index < -0.39 is 0 Å². The van der Waals surface area contributed by atoms with E-state index in [1.54, 1.807) is 13.0 Å². The Kier molecular flexibility index (Phi) is 2.75. The first-order valence-electron chi connectivity index (χ1n) is 5.61. The minimum Gasteiger partial charge on any atom is -0.399 e. The molecule has 19 heavy (non-hydrogen) atoms. The first kappa shape index (κ1) is 11.8. The monoisotopic (exact) mass is 273 g/mol. The van der Waals surface area contributed by atoms with Gasteiger partial charge in [-0.3, -0.25) is 4.79 Å². The Bertz CT molecular complexity index is 807. The Morgan fingerprint density at radius 1 is 1.21 bits per heavy atom. The molecule has 3 aromatic rings. The van der Waals surface area contributed by atoms with Crippen LogP contribution in [-0.4, -0.2) is 19.9 Å². The number of nitrogens with zero attached hydrogens (tertiary/aromatic N) is 2. The van der Waals surface area contributed by atoms with Crippen molar-refractivity contribution >= 4 is 28.5 Å². The molecule has 0 atom stereocenters. The Morgan fingerprint density at radius 3 is 2.84 bits per heavy atom. The quantitative estimate of drug-likeness (QED) is 0.487. The fourth-order valence-electron chi connectivity index (χ4n) is 1.76. The lowest BCUT2D eigenvalue weighted by Gasteiger charge is -1.97. The van der Waals surface area contributed by atoms with Gasteiger partial charge in [-0.25, -0.2) is 9.97 Å². The fourth-order valence-corrected chi connectivity index (χ4v) is 2.61. The molecule has 2 heterocycles. The Balaban J connectivity index is 1.98. The average Bonchev–Trinajstić information content (AvgIpc) is 2.68. The summed E-state index contributed by atoms with van der Waals surface area (Å²) in [7, 11) is 0. The number of nitrogens with one attached hydrogen (secondary N) is 2. The van der Waals surface area contributed by atoms with Crippen LogP contribution in [0.2, 0.25) is 0 Å². The van der Waals surface area contributed by atoms with Crippen molar-refractivity contribution in [2.24, 2.45) is 0 Å². The van der Waals surface area contributed by atoms with Gasteiger partial charge in [0, 0.05) is 11.8 Å². The van der Waals surface area contributed by atoms with Gasteiger partial charge in [0.05, 0.1) is 11.0 Å². The molecular weight excluding hydrogens is 262 g/mol. The van der Waals surface area contributed by atoms with E-state index in [0.29, 0.717) is 21.7 Å². The molecule has 4 N–H and O–H groups in total. The molecule has 0 fully saturated rings. The van der Waals surface area contributed by atoms with Crippen LogP contribution in [-0.2, 0) is 0 Å². The van der Waals surface area contributed by atoms with Crippen molar-refractivity contribution < 1.29 is 0 Å². The lowest BCUT2D eigenvalue weighted by Crippen LogP contribution is -2.07. The number of rotatable bonds is 2. The standard InChI is InChI=1S/C12H11N5OS/c1-6-14-10(18)5-11(15-6)19-12-16-8-3-2-7(13)4-9(8)17-12/h2-5H,13H2,1H3,(H,16,17)(H,14,15,18). The van der Waals surface area contributed by atoms with Crippen LogP contribution in [0.15, 0.2) is 39.2 Å². The zero-order chi connectivity index (χ0) is 13.4. The molecule has 0 bridgehead atoms. The van der Waals surface area contributed by atoms with Crippen molar-refractivity contribution in [2.45, 2.75) is 17.1 Å². The summed E-state index contributed by atoms with van der Waals surface area (Å²) in [6.45, 7) is 1.74. The van der Waals surface area contributed by atoms with Gasteiger partial charge >= 0.3 is 0 Å². The van der Waals surface area contributed by atoms with Gasteiger partial charge in [0.25, 0.3) is 5.56 Å². The fraction of sp³-hybridized carbons (Fsp3) is 0.0833. The molecule has 96 valence electrons. The Hall–Kier alpha value is -2.28. The average molecular weight is 273 g/mol. The van der Waals surface area contributed by atoms with Crippen LogP contribution in [0.1, 0.15) is 5.82 Å². The van der Waals surface area contributed by atoms with Gasteiger partial charge in [0.1, 0.15) is 10.9 Å². The Morgan fingerprint density at radius 2 is 2.05 bits per heavy atom. The number of aromatic nitrogens is 4. The normalized spacial score (nSPS) is 11.0. The maximum Gasteiger partial charge on any atom is 0.251 e. The topological polar surface area (TPSA) is 100 Å². The number of anilines is 1. The maximum atomic E-state index is 11.4. The molecule has 0 aliphatic heterocycles. The third kappa shape index (κ3) is 2.45. The molecule has 1 aromatic carbocycles. The van der Waals surface area contributed by atoms with Gasteiger partial charge in [-0.15, -0.1) is 0 Å². The third-order valence-corrected chi connectivity index (χ3v) is 3.33. The van der Waals surface area contributed by atoms with E-state index in [4.69, 9.17) is 5.73 Å². The van der Waals surface area contributed by atoms with E-state index >= 15 is 0 Å². The van der Waals surface area contributed by atoms with Crippen molar-refractivity contribution in [3.63, 3.8) is 0 Å². The summed E-state index contributed by atoms with van der Waals surface area (Å²) in [6.07, 6.45) is 0. The number of H-pyrrole nitrogens is 2. The molecule has 2 aromatic heterocycles. The summed E-state index contributed by atoms with van der Waals surface area (Å²) in [4.78, 5) is 25.8. The molecular formula is C12H11N5OS. The van der Waals surface area contributed by atoms with Crippen LogP contribution < -0.4 is 11.3 Å². The molecule has 0 spiro atoms. The van der Waals surface area contributed by atoms with E-state index in [-0.39, 0.29) is 5.56 Å². The highest BCUT2D eigenvalue weighted by molar-refractivity contribution is 7.99. The van der Waals surface area contributed by atoms with E-state index in [2.05, 4.69) is 19.9 Å². The number of hydrogen-bond acceptors (Lipinski definition) is 5. The van der Waals surface area contributed by atoms with Gasteiger partial charge in [0.2, 0.25) is 0 Å². The predicted molar refractivity (Wildman–Crippen MR) is 74.2 cm³/mol. The summed E-state index contributed by atoms with van der Waals surface area (Å²) < 4.78 is 0. The highest BCUT2D eigenvalue weighted by Gasteiger charge is 2.07. The zero-order valence-corrected chi connectivity index (χ0v) is 10.9. The summed E-state index contributed by atoms with van der Waals surface area (Å²) in [6, 6.07) is 6.91. The van der Waals surface area contributed by atoms with E-state index in [9.17, 15) is 4.79 Å². The van der Waals surface area contributed by atoms with E-state index in [1.165, 1.54) is 17.8 Å². The number of benzene rings is 1. The van der Waals surface area contributed by atoms with Crippen molar-refractivity contribution in [1.82, 2.24) is 19.9 Å². The smallest absolute Gasteiger partial charge is 0.251 e. The van der Waals surface area contributed by atoms with Crippen LogP contribution in [0.25, 0.3) is 11.0 Å². The molecule has 0 radical (unpaired) electrons. The van der Waals surface area contributed by atoms with Gasteiger partial charge < -0.3 is 15.7 Å². The molecule has 0 amide bonds. The second-order valence-electron chi connectivity index (χ2n) is 4.09. The number of nitrogens with two attached hydrogens (primary N) is 1. The molecule has 0 aliphatic carbocycles. The second-order valence-corrected chi connectivity index (χ2v) is 5.10. The van der Waals surface area contributed by atoms with Crippen LogP contribution in [0.5, 0.6) is 0 Å². The summed E-state index contributed by atoms with van der Waals surface area (Å²) >= 11 is 1.31. The second kappa shape index (κ2) is 4.43. The highest BCUT2D eigenvalue weighted by Crippen LogP contribution is 2.25. The summed E-state index contributed by atoms with van der Waals surface area (Å²) in [5.74, 6) is 0.579. The number of fused-ring (bicyclic) bond motifs is 1. The lowest BCUT2D eigenvalue weighted by molar-refractivity contribution is 0.935. The number of nitrogen functional groups attached to an aromatic ring is 1. The first-order chi connectivity index (χ1) is 9.10. The van der Waals surface area contributed by atoms with Gasteiger partial charge in [-0.1, -0.05) is 0 Å². The lowest BCUT2D eigenvalue weighted by atomic mass is 10.3. The maximum absolute atomic E-state index is 11.4. The zero-order valence-electron chi connectivity index (χ0n) is 10.1. The third-order valence-electron chi connectivity index (χ3n) is 2.52. The number of aromatic amines is 2. The number of aryl methyl sites for hydroxylation is 1. The van der Waals surface area contributed by atoms with Crippen molar-refractivity contribution in [2.75, 3.05) is 5.73 Å². The minimum absolute atomic E-state index is 0.171. The van der Waals surface area contributed by atoms with Crippen molar-refractivity contribution in [1.29, 1.82) is 0 Å². The van der Waals surface area contributed by atoms with Crippen LogP contribution in [0.3, 0.4) is 0 Å². The molecule has 0 unspecified atom stereocenters. The molecule has 7 heteroatoms. The van der Waals surface area contributed by atoms with E-state index in [0.717, 1.165) is 11.0 Å². The Labute approximate surface area is 112 Å². The highest BCUT2D eigenvalue weighted by atomic mass is 32.2. The molecule has 0 aliphatic rings. The van der Waals surface area contributed by atoms with Gasteiger partial charge in [-0.2, -0.15) is 0 Å². The van der Waals surface area contributed by atoms with Gasteiger partial charge in [-0.05, 0) is 36.9 Å². The number of imidazole rings is 1. The van der Waals surface area contributed by atoms with Crippen molar-refractivity contribution in [3.8, 4) is 0 Å². The predicted octanol–water partition coefficient (Wildman–Crippen LogP) is 1.69.